The molecular weight excluding hydrogens is 194 g/mol. The molecule has 1 aromatic carbocycles. The first-order chi connectivity index (χ1) is 6.91. The molecule has 0 saturated carbocycles. The second-order valence-electron chi connectivity index (χ2n) is 3.66. The number of rotatable bonds is 2. The van der Waals surface area contributed by atoms with E-state index in [1.54, 1.807) is 20.8 Å². The van der Waals surface area contributed by atoms with Crippen LogP contribution in [0.1, 0.15) is 29.8 Å². The Morgan fingerprint density at radius 2 is 2.07 bits per heavy atom. The Balaban J connectivity index is 3.08. The van der Waals surface area contributed by atoms with Crippen LogP contribution in [0.4, 0.5) is 5.69 Å². The first-order valence-electron chi connectivity index (χ1n) is 4.72. The van der Waals surface area contributed by atoms with Crippen molar-refractivity contribution in [1.82, 2.24) is 0 Å². The number of nitrogens with two attached hydrogens (primary N) is 1. The Bertz CT molecular complexity index is 386. The number of carbonyl (C=O) groups is 1. The Morgan fingerprint density at radius 3 is 2.60 bits per heavy atom. The number of carbonyl (C=O) groups excluding carboxylic acids is 1. The van der Waals surface area contributed by atoms with Crippen LogP contribution in [0.15, 0.2) is 12.1 Å². The number of ether oxygens (including phenoxy) is 1. The van der Waals surface area contributed by atoms with Gasteiger partial charge in [-0.1, -0.05) is 0 Å². The highest BCUT2D eigenvalue weighted by molar-refractivity contribution is 5.93. The molecule has 0 bridgehead atoms. The molecule has 0 fully saturated rings. The molecular formula is C11H15NO3. The zero-order chi connectivity index (χ0) is 11.6. The third-order valence-corrected chi connectivity index (χ3v) is 2.00. The standard InChI is InChI=1S/C11H15NO3/c1-6(2)15-11(14)9-4-8(13)5-10(12)7(9)3/h4-6,13H,12H2,1-3H3. The summed E-state index contributed by atoms with van der Waals surface area (Å²) in [6.07, 6.45) is -0.194. The summed E-state index contributed by atoms with van der Waals surface area (Å²) >= 11 is 0. The van der Waals surface area contributed by atoms with E-state index in [9.17, 15) is 9.90 Å². The molecule has 0 aliphatic carbocycles. The number of esters is 1. The van der Waals surface area contributed by atoms with Crippen LogP contribution >= 0.6 is 0 Å². The lowest BCUT2D eigenvalue weighted by Gasteiger charge is -2.11. The second-order valence-corrected chi connectivity index (χ2v) is 3.66. The molecule has 0 aromatic heterocycles. The highest BCUT2D eigenvalue weighted by Gasteiger charge is 2.15. The van der Waals surface area contributed by atoms with Gasteiger partial charge in [0.15, 0.2) is 0 Å². The van der Waals surface area contributed by atoms with Gasteiger partial charge in [-0.3, -0.25) is 0 Å². The molecule has 82 valence electrons. The number of hydrogen-bond acceptors (Lipinski definition) is 4. The maximum atomic E-state index is 11.6. The van der Waals surface area contributed by atoms with E-state index >= 15 is 0 Å². The molecule has 1 aromatic rings. The van der Waals surface area contributed by atoms with Crippen LogP contribution in [0, 0.1) is 6.92 Å². The number of phenolic OH excluding ortho intramolecular Hbond substituents is 1. The quantitative estimate of drug-likeness (QED) is 0.576. The summed E-state index contributed by atoms with van der Waals surface area (Å²) in [4.78, 5) is 11.6. The monoisotopic (exact) mass is 209 g/mol. The van der Waals surface area contributed by atoms with Gasteiger partial charge in [0.1, 0.15) is 5.75 Å². The van der Waals surface area contributed by atoms with Crippen LogP contribution in [0.5, 0.6) is 5.75 Å². The molecule has 4 nitrogen and oxygen atoms in total. The lowest BCUT2D eigenvalue weighted by atomic mass is 10.1. The molecule has 0 aliphatic rings. The number of aromatic hydroxyl groups is 1. The SMILES string of the molecule is Cc1c(N)cc(O)cc1C(=O)OC(C)C. The van der Waals surface area contributed by atoms with Crippen LogP contribution in [-0.4, -0.2) is 17.2 Å². The van der Waals surface area contributed by atoms with Crippen molar-refractivity contribution in [2.24, 2.45) is 0 Å². The molecule has 15 heavy (non-hydrogen) atoms. The van der Waals surface area contributed by atoms with Gasteiger partial charge in [-0.2, -0.15) is 0 Å². The van der Waals surface area contributed by atoms with Crippen molar-refractivity contribution >= 4 is 11.7 Å². The Morgan fingerprint density at radius 1 is 1.47 bits per heavy atom. The molecule has 0 unspecified atom stereocenters. The number of benzene rings is 1. The fraction of sp³-hybridized carbons (Fsp3) is 0.364. The lowest BCUT2D eigenvalue weighted by molar-refractivity contribution is 0.0376. The van der Waals surface area contributed by atoms with Gasteiger partial charge in [-0.25, -0.2) is 4.79 Å². The fourth-order valence-corrected chi connectivity index (χ4v) is 1.21. The predicted molar refractivity (Wildman–Crippen MR) is 57.8 cm³/mol. The van der Waals surface area contributed by atoms with Gasteiger partial charge < -0.3 is 15.6 Å². The van der Waals surface area contributed by atoms with E-state index in [0.29, 0.717) is 16.8 Å². The molecule has 4 heteroatoms. The van der Waals surface area contributed by atoms with E-state index < -0.39 is 5.97 Å². The topological polar surface area (TPSA) is 72.5 Å². The molecule has 0 radical (unpaired) electrons. The van der Waals surface area contributed by atoms with Crippen LogP contribution in [-0.2, 0) is 4.74 Å². The number of nitrogen functional groups attached to an aromatic ring is 1. The van der Waals surface area contributed by atoms with Crippen molar-refractivity contribution < 1.29 is 14.6 Å². The number of anilines is 1. The molecule has 0 atom stereocenters. The summed E-state index contributed by atoms with van der Waals surface area (Å²) in [6, 6.07) is 2.76. The molecule has 3 N–H and O–H groups in total. The second kappa shape index (κ2) is 4.21. The minimum absolute atomic E-state index is 0.0335. The normalized spacial score (nSPS) is 10.4. The lowest BCUT2D eigenvalue weighted by Crippen LogP contribution is -2.13. The number of phenols is 1. The summed E-state index contributed by atoms with van der Waals surface area (Å²) in [5.41, 5.74) is 6.93. The third kappa shape index (κ3) is 2.62. The molecule has 0 aliphatic heterocycles. The minimum Gasteiger partial charge on any atom is -0.508 e. The summed E-state index contributed by atoms with van der Waals surface area (Å²) in [5, 5.41) is 9.31. The zero-order valence-corrected chi connectivity index (χ0v) is 9.07. The Hall–Kier alpha value is -1.71. The van der Waals surface area contributed by atoms with Crippen molar-refractivity contribution in [1.29, 1.82) is 0 Å². The third-order valence-electron chi connectivity index (χ3n) is 2.00. The van der Waals surface area contributed by atoms with E-state index in [-0.39, 0.29) is 11.9 Å². The van der Waals surface area contributed by atoms with E-state index in [1.807, 2.05) is 0 Å². The van der Waals surface area contributed by atoms with Gasteiger partial charge in [-0.15, -0.1) is 0 Å². The highest BCUT2D eigenvalue weighted by atomic mass is 16.5. The van der Waals surface area contributed by atoms with Crippen molar-refractivity contribution in [2.75, 3.05) is 5.73 Å². The van der Waals surface area contributed by atoms with Gasteiger partial charge in [0.25, 0.3) is 0 Å². The van der Waals surface area contributed by atoms with E-state index in [2.05, 4.69) is 0 Å². The van der Waals surface area contributed by atoms with Crippen LogP contribution in [0.2, 0.25) is 0 Å². The van der Waals surface area contributed by atoms with Crippen LogP contribution in [0.3, 0.4) is 0 Å². The highest BCUT2D eigenvalue weighted by Crippen LogP contribution is 2.23. The summed E-state index contributed by atoms with van der Waals surface area (Å²) in [6.45, 7) is 5.24. The minimum atomic E-state index is -0.468. The first kappa shape index (κ1) is 11.4. The van der Waals surface area contributed by atoms with E-state index in [0.717, 1.165) is 0 Å². The zero-order valence-electron chi connectivity index (χ0n) is 9.07. The van der Waals surface area contributed by atoms with Gasteiger partial charge in [-0.05, 0) is 32.4 Å². The molecule has 0 saturated heterocycles. The number of hydrogen-bond donors (Lipinski definition) is 2. The fourth-order valence-electron chi connectivity index (χ4n) is 1.21. The summed E-state index contributed by atoms with van der Waals surface area (Å²) in [7, 11) is 0. The smallest absolute Gasteiger partial charge is 0.338 e. The van der Waals surface area contributed by atoms with Crippen molar-refractivity contribution in [2.45, 2.75) is 26.9 Å². The van der Waals surface area contributed by atoms with Crippen molar-refractivity contribution in [3.05, 3.63) is 23.3 Å². The van der Waals surface area contributed by atoms with Crippen molar-refractivity contribution in [3.8, 4) is 5.75 Å². The predicted octanol–water partition coefficient (Wildman–Crippen LogP) is 1.85. The maximum absolute atomic E-state index is 11.6. The molecule has 0 amide bonds. The maximum Gasteiger partial charge on any atom is 0.338 e. The van der Waals surface area contributed by atoms with E-state index in [4.69, 9.17) is 10.5 Å². The van der Waals surface area contributed by atoms with Gasteiger partial charge >= 0.3 is 5.97 Å². The van der Waals surface area contributed by atoms with E-state index in [1.165, 1.54) is 12.1 Å². The Labute approximate surface area is 88.7 Å². The van der Waals surface area contributed by atoms with Gasteiger partial charge in [0, 0.05) is 11.8 Å². The van der Waals surface area contributed by atoms with Crippen LogP contribution in [0.25, 0.3) is 0 Å². The molecule has 1 rings (SSSR count). The Kier molecular flexibility index (Phi) is 3.19. The largest absolute Gasteiger partial charge is 0.508 e. The van der Waals surface area contributed by atoms with Crippen molar-refractivity contribution in [3.63, 3.8) is 0 Å². The van der Waals surface area contributed by atoms with Crippen LogP contribution < -0.4 is 5.73 Å². The summed E-state index contributed by atoms with van der Waals surface area (Å²) in [5.74, 6) is -0.501. The summed E-state index contributed by atoms with van der Waals surface area (Å²) < 4.78 is 5.02. The average molecular weight is 209 g/mol. The molecule has 0 heterocycles. The molecule has 0 spiro atoms. The van der Waals surface area contributed by atoms with Gasteiger partial charge in [0.2, 0.25) is 0 Å². The van der Waals surface area contributed by atoms with Gasteiger partial charge in [0.05, 0.1) is 11.7 Å². The first-order valence-corrected chi connectivity index (χ1v) is 4.72. The average Bonchev–Trinajstić information content (AvgIpc) is 2.09.